The van der Waals surface area contributed by atoms with Crippen molar-refractivity contribution >= 4 is 17.7 Å². The molecule has 1 aromatic carbocycles. The van der Waals surface area contributed by atoms with E-state index in [1.165, 1.54) is 0 Å². The smallest absolute Gasteiger partial charge is 0.344 e. The van der Waals surface area contributed by atoms with E-state index >= 15 is 0 Å². The van der Waals surface area contributed by atoms with E-state index in [1.807, 2.05) is 39.0 Å². The van der Waals surface area contributed by atoms with E-state index < -0.39 is 18.5 Å². The largest absolute Gasteiger partial charge is 0.482 e. The van der Waals surface area contributed by atoms with Gasteiger partial charge in [-0.05, 0) is 50.8 Å². The number of para-hydroxylation sites is 1. The number of nitrogens with zero attached hydrogens (tertiary/aromatic N) is 2. The number of carbonyl (C=O) groups excluding carboxylic acids is 2. The first kappa shape index (κ1) is 21.4. The molecule has 1 amide bonds. The summed E-state index contributed by atoms with van der Waals surface area (Å²) in [6, 6.07) is 9.81. The van der Waals surface area contributed by atoms with Crippen molar-refractivity contribution in [1.82, 2.24) is 4.57 Å². The molecule has 3 rings (SSSR count). The van der Waals surface area contributed by atoms with Crippen molar-refractivity contribution in [3.8, 4) is 11.8 Å². The van der Waals surface area contributed by atoms with Crippen LogP contribution in [0, 0.1) is 32.1 Å². The van der Waals surface area contributed by atoms with Crippen LogP contribution in [0.1, 0.15) is 54.1 Å². The molecule has 1 aromatic heterocycles. The van der Waals surface area contributed by atoms with Crippen LogP contribution in [0.15, 0.2) is 24.3 Å². The molecule has 0 unspecified atom stereocenters. The number of nitriles is 1. The molecule has 1 N–H and O–H groups in total. The molecule has 0 radical (unpaired) electrons. The Labute approximate surface area is 176 Å². The van der Waals surface area contributed by atoms with E-state index in [2.05, 4.69) is 16.0 Å². The van der Waals surface area contributed by atoms with Crippen LogP contribution < -0.4 is 10.1 Å². The first-order valence-electron chi connectivity index (χ1n) is 10.2. The molecule has 1 aliphatic carbocycles. The number of amides is 1. The second kappa shape index (κ2) is 9.49. The Kier molecular flexibility index (Phi) is 6.78. The summed E-state index contributed by atoms with van der Waals surface area (Å²) in [6.45, 7) is 5.02. The molecule has 1 saturated carbocycles. The molecule has 0 spiro atoms. The molecule has 30 heavy (non-hydrogen) atoms. The van der Waals surface area contributed by atoms with E-state index in [4.69, 9.17) is 9.47 Å². The van der Waals surface area contributed by atoms with Gasteiger partial charge in [0, 0.05) is 11.7 Å². The fourth-order valence-electron chi connectivity index (χ4n) is 3.92. The number of aryl methyl sites for hydroxylation is 1. The van der Waals surface area contributed by atoms with E-state index in [-0.39, 0.29) is 12.6 Å². The fraction of sp³-hybridized carbons (Fsp3) is 0.435. The Morgan fingerprint density at radius 3 is 2.53 bits per heavy atom. The van der Waals surface area contributed by atoms with Gasteiger partial charge < -0.3 is 19.4 Å². The van der Waals surface area contributed by atoms with Crippen molar-refractivity contribution in [2.24, 2.45) is 0 Å². The Bertz CT molecular complexity index is 981. The van der Waals surface area contributed by atoms with Crippen molar-refractivity contribution in [3.63, 3.8) is 0 Å². The first-order valence-corrected chi connectivity index (χ1v) is 10.2. The Morgan fingerprint density at radius 2 is 1.87 bits per heavy atom. The van der Waals surface area contributed by atoms with Crippen LogP contribution in [-0.4, -0.2) is 29.7 Å². The molecule has 2 aromatic rings. The number of rotatable bonds is 7. The number of carbonyl (C=O) groups is 2. The van der Waals surface area contributed by atoms with Gasteiger partial charge in [0.05, 0.1) is 5.56 Å². The van der Waals surface area contributed by atoms with Gasteiger partial charge in [-0.3, -0.25) is 4.79 Å². The molecule has 1 aliphatic rings. The van der Waals surface area contributed by atoms with Crippen LogP contribution >= 0.6 is 0 Å². The number of anilines is 1. The number of aromatic nitrogens is 1. The average Bonchev–Trinajstić information content (AvgIpc) is 3.33. The van der Waals surface area contributed by atoms with Gasteiger partial charge in [0.1, 0.15) is 17.6 Å². The minimum Gasteiger partial charge on any atom is -0.482 e. The van der Waals surface area contributed by atoms with Crippen molar-refractivity contribution in [3.05, 3.63) is 46.6 Å². The number of hydrogen-bond acceptors (Lipinski definition) is 5. The average molecular weight is 409 g/mol. The minimum atomic E-state index is -0.632. The highest BCUT2D eigenvalue weighted by Gasteiger charge is 2.26. The van der Waals surface area contributed by atoms with Gasteiger partial charge in [0.2, 0.25) is 0 Å². The molecule has 0 atom stereocenters. The van der Waals surface area contributed by atoms with E-state index in [0.717, 1.165) is 42.5 Å². The lowest BCUT2D eigenvalue weighted by Gasteiger charge is -2.19. The summed E-state index contributed by atoms with van der Waals surface area (Å²) in [7, 11) is 0. The van der Waals surface area contributed by atoms with E-state index in [9.17, 15) is 14.9 Å². The highest BCUT2D eigenvalue weighted by Crippen LogP contribution is 2.37. The lowest BCUT2D eigenvalue weighted by atomic mass is 10.2. The van der Waals surface area contributed by atoms with E-state index in [1.54, 1.807) is 6.07 Å². The first-order chi connectivity index (χ1) is 14.4. The lowest BCUT2D eigenvalue weighted by Crippen LogP contribution is -2.25. The molecule has 0 saturated heterocycles. The molecule has 1 fully saturated rings. The zero-order chi connectivity index (χ0) is 21.7. The van der Waals surface area contributed by atoms with Gasteiger partial charge in [-0.2, -0.15) is 5.26 Å². The standard InChI is InChI=1S/C23H27N3O4/c1-15-8-4-7-11-20(15)29-14-22(28)30-13-21(27)25-23-19(12-24)16(2)17(3)26(23)18-9-5-6-10-18/h4,7-8,11,18H,5-6,9-10,13-14H2,1-3H3,(H,25,27). The van der Waals surface area contributed by atoms with Crippen LogP contribution in [0.2, 0.25) is 0 Å². The molecular weight excluding hydrogens is 382 g/mol. The van der Waals surface area contributed by atoms with Gasteiger partial charge in [-0.15, -0.1) is 0 Å². The van der Waals surface area contributed by atoms with Gasteiger partial charge in [-0.25, -0.2) is 4.79 Å². The molecular formula is C23H27N3O4. The summed E-state index contributed by atoms with van der Waals surface area (Å²) in [5, 5.41) is 12.4. The predicted octanol–water partition coefficient (Wildman–Crippen LogP) is 3.96. The van der Waals surface area contributed by atoms with E-state index in [0.29, 0.717) is 17.1 Å². The zero-order valence-electron chi connectivity index (χ0n) is 17.7. The van der Waals surface area contributed by atoms with Crippen LogP contribution in [0.25, 0.3) is 0 Å². The van der Waals surface area contributed by atoms with Crippen LogP contribution in [0.4, 0.5) is 5.82 Å². The maximum absolute atomic E-state index is 12.4. The quantitative estimate of drug-likeness (QED) is 0.699. The fourth-order valence-corrected chi connectivity index (χ4v) is 3.92. The Morgan fingerprint density at radius 1 is 1.17 bits per heavy atom. The normalized spacial score (nSPS) is 13.7. The van der Waals surface area contributed by atoms with Gasteiger partial charge in [0.15, 0.2) is 13.2 Å². The van der Waals surface area contributed by atoms with Crippen molar-refractivity contribution in [2.45, 2.75) is 52.5 Å². The van der Waals surface area contributed by atoms with Crippen molar-refractivity contribution < 1.29 is 19.1 Å². The SMILES string of the molecule is Cc1ccccc1OCC(=O)OCC(=O)Nc1c(C#N)c(C)c(C)n1C1CCCC1. The third-order valence-electron chi connectivity index (χ3n) is 5.62. The third kappa shape index (κ3) is 4.65. The summed E-state index contributed by atoms with van der Waals surface area (Å²) in [6.07, 6.45) is 4.31. The second-order valence-electron chi connectivity index (χ2n) is 7.62. The molecule has 7 heteroatoms. The molecule has 158 valence electrons. The number of esters is 1. The van der Waals surface area contributed by atoms with Crippen molar-refractivity contribution in [2.75, 3.05) is 18.5 Å². The summed E-state index contributed by atoms with van der Waals surface area (Å²) in [5.74, 6) is -0.0190. The highest BCUT2D eigenvalue weighted by atomic mass is 16.6. The molecule has 7 nitrogen and oxygen atoms in total. The summed E-state index contributed by atoms with van der Waals surface area (Å²) < 4.78 is 12.5. The van der Waals surface area contributed by atoms with Gasteiger partial charge in [-0.1, -0.05) is 31.0 Å². The number of nitrogens with one attached hydrogen (secondary N) is 1. The number of ether oxygens (including phenoxy) is 2. The number of benzene rings is 1. The van der Waals surface area contributed by atoms with Crippen molar-refractivity contribution in [1.29, 1.82) is 5.26 Å². The zero-order valence-corrected chi connectivity index (χ0v) is 17.7. The van der Waals surface area contributed by atoms with Crippen LogP contribution in [-0.2, 0) is 14.3 Å². The summed E-state index contributed by atoms with van der Waals surface area (Å²) in [4.78, 5) is 24.4. The lowest BCUT2D eigenvalue weighted by molar-refractivity contribution is -0.149. The third-order valence-corrected chi connectivity index (χ3v) is 5.62. The van der Waals surface area contributed by atoms with Gasteiger partial charge >= 0.3 is 5.97 Å². The van der Waals surface area contributed by atoms with Crippen LogP contribution in [0.3, 0.4) is 0 Å². The molecule has 1 heterocycles. The maximum atomic E-state index is 12.4. The Hall–Kier alpha value is -3.27. The number of hydrogen-bond donors (Lipinski definition) is 1. The second-order valence-corrected chi connectivity index (χ2v) is 7.62. The molecule has 0 bridgehead atoms. The maximum Gasteiger partial charge on any atom is 0.344 e. The minimum absolute atomic E-state index is 0.270. The topological polar surface area (TPSA) is 93.3 Å². The van der Waals surface area contributed by atoms with Crippen LogP contribution in [0.5, 0.6) is 5.75 Å². The highest BCUT2D eigenvalue weighted by molar-refractivity contribution is 5.93. The molecule has 0 aliphatic heterocycles. The summed E-state index contributed by atoms with van der Waals surface area (Å²) in [5.41, 5.74) is 3.22. The van der Waals surface area contributed by atoms with Gasteiger partial charge in [0.25, 0.3) is 5.91 Å². The predicted molar refractivity (Wildman–Crippen MR) is 112 cm³/mol. The summed E-state index contributed by atoms with van der Waals surface area (Å²) >= 11 is 0. The monoisotopic (exact) mass is 409 g/mol. The Balaban J connectivity index is 1.61.